The molecule has 0 nitrogen and oxygen atoms in total. The number of hydrogen-bond acceptors (Lipinski definition) is 0. The van der Waals surface area contributed by atoms with Crippen molar-refractivity contribution in [1.29, 1.82) is 0 Å². The second-order valence-electron chi connectivity index (χ2n) is 8.90. The average Bonchev–Trinajstić information content (AvgIpc) is 3.00. The van der Waals surface area contributed by atoms with Gasteiger partial charge in [-0.25, -0.2) is 0 Å². The second-order valence-corrected chi connectivity index (χ2v) is 8.90. The molecule has 0 aromatic heterocycles. The quantitative estimate of drug-likeness (QED) is 0.513. The summed E-state index contributed by atoms with van der Waals surface area (Å²) in [5.74, 6) is 2.38. The Bertz CT molecular complexity index is 583. The van der Waals surface area contributed by atoms with E-state index in [4.69, 9.17) is 0 Å². The summed E-state index contributed by atoms with van der Waals surface area (Å²) >= 11 is 0. The fourth-order valence-electron chi connectivity index (χ4n) is 6.40. The lowest BCUT2D eigenvalue weighted by molar-refractivity contribution is 0.154. The Morgan fingerprint density at radius 2 is 1.90 bits per heavy atom. The van der Waals surface area contributed by atoms with Crippen LogP contribution in [0.5, 0.6) is 0 Å². The second kappa shape index (κ2) is 4.15. The van der Waals surface area contributed by atoms with Gasteiger partial charge in [-0.1, -0.05) is 56.6 Å². The summed E-state index contributed by atoms with van der Waals surface area (Å²) in [7, 11) is 0. The van der Waals surface area contributed by atoms with Gasteiger partial charge in [-0.05, 0) is 67.3 Å². The Balaban J connectivity index is 1.87. The first-order valence-corrected chi connectivity index (χ1v) is 8.97. The zero-order valence-corrected chi connectivity index (χ0v) is 14.4. The minimum atomic E-state index is 0.437. The molecule has 2 bridgehead atoms. The molecule has 4 aliphatic rings. The standard InChI is InChI=1S/C21H30/c1-13-9-10-15-7-6-8-16(15)18(13)19-14(2)17-11-12-21(19,5)20(17,3)4/h6,8,13,17-18H,7,9-12H2,1-5H3/t13?,17-,18?,21+/m1/s1. The first-order chi connectivity index (χ1) is 9.88. The van der Waals surface area contributed by atoms with Crippen molar-refractivity contribution in [2.75, 3.05) is 0 Å². The van der Waals surface area contributed by atoms with Crippen molar-refractivity contribution in [1.82, 2.24) is 0 Å². The van der Waals surface area contributed by atoms with Crippen LogP contribution in [0.4, 0.5) is 0 Å². The first-order valence-electron chi connectivity index (χ1n) is 8.97. The van der Waals surface area contributed by atoms with Crippen LogP contribution >= 0.6 is 0 Å². The summed E-state index contributed by atoms with van der Waals surface area (Å²) in [6.07, 6.45) is 11.7. The molecule has 0 heterocycles. The van der Waals surface area contributed by atoms with Gasteiger partial charge in [0.2, 0.25) is 0 Å². The molecule has 0 spiro atoms. The van der Waals surface area contributed by atoms with Crippen LogP contribution in [0.2, 0.25) is 0 Å². The zero-order valence-electron chi connectivity index (χ0n) is 14.4. The molecule has 0 aromatic rings. The molecule has 21 heavy (non-hydrogen) atoms. The highest BCUT2D eigenvalue weighted by Crippen LogP contribution is 2.70. The Morgan fingerprint density at radius 3 is 2.57 bits per heavy atom. The molecular weight excluding hydrogens is 252 g/mol. The highest BCUT2D eigenvalue weighted by molar-refractivity contribution is 5.49. The lowest BCUT2D eigenvalue weighted by Gasteiger charge is -2.44. The summed E-state index contributed by atoms with van der Waals surface area (Å²) in [6, 6.07) is 0. The molecule has 4 aliphatic carbocycles. The van der Waals surface area contributed by atoms with Crippen LogP contribution in [-0.2, 0) is 0 Å². The minimum absolute atomic E-state index is 0.437. The summed E-state index contributed by atoms with van der Waals surface area (Å²) < 4.78 is 0. The third-order valence-corrected chi connectivity index (χ3v) is 7.95. The largest absolute Gasteiger partial charge is 0.0802 e. The van der Waals surface area contributed by atoms with Crippen LogP contribution in [-0.4, -0.2) is 0 Å². The van der Waals surface area contributed by atoms with Crippen LogP contribution < -0.4 is 0 Å². The van der Waals surface area contributed by atoms with Gasteiger partial charge in [0, 0.05) is 5.92 Å². The van der Waals surface area contributed by atoms with E-state index in [1.165, 1.54) is 32.1 Å². The van der Waals surface area contributed by atoms with Crippen LogP contribution in [0, 0.1) is 28.6 Å². The van der Waals surface area contributed by atoms with E-state index in [0.717, 1.165) is 17.8 Å². The normalized spacial score (nSPS) is 44.0. The van der Waals surface area contributed by atoms with Crippen LogP contribution in [0.1, 0.15) is 66.7 Å². The van der Waals surface area contributed by atoms with Gasteiger partial charge in [0.25, 0.3) is 0 Å². The Morgan fingerprint density at radius 1 is 1.14 bits per heavy atom. The van der Waals surface area contributed by atoms with Crippen molar-refractivity contribution in [3.05, 3.63) is 34.4 Å². The van der Waals surface area contributed by atoms with Gasteiger partial charge in [-0.2, -0.15) is 0 Å². The Hall–Kier alpha value is -0.780. The van der Waals surface area contributed by atoms with Gasteiger partial charge < -0.3 is 0 Å². The van der Waals surface area contributed by atoms with Crippen LogP contribution in [0.3, 0.4) is 0 Å². The van der Waals surface area contributed by atoms with Crippen molar-refractivity contribution in [2.45, 2.75) is 66.7 Å². The number of hydrogen-bond donors (Lipinski definition) is 0. The number of allylic oxidation sites excluding steroid dienone is 6. The number of fused-ring (bicyclic) bond motifs is 2. The third kappa shape index (κ3) is 1.52. The average molecular weight is 282 g/mol. The molecule has 114 valence electrons. The number of rotatable bonds is 1. The maximum atomic E-state index is 2.58. The fraction of sp³-hybridized carbons (Fsp3) is 0.714. The van der Waals surface area contributed by atoms with E-state index in [-0.39, 0.29) is 0 Å². The van der Waals surface area contributed by atoms with E-state index in [1.807, 2.05) is 5.57 Å². The predicted octanol–water partition coefficient (Wildman–Crippen LogP) is 6.06. The molecular formula is C21H30. The third-order valence-electron chi connectivity index (χ3n) is 7.95. The van der Waals surface area contributed by atoms with Gasteiger partial charge in [0.1, 0.15) is 0 Å². The lowest BCUT2D eigenvalue weighted by atomic mass is 9.60. The van der Waals surface area contributed by atoms with Crippen molar-refractivity contribution in [2.24, 2.45) is 28.6 Å². The molecule has 0 amide bonds. The molecule has 2 unspecified atom stereocenters. The van der Waals surface area contributed by atoms with Gasteiger partial charge in [0.05, 0.1) is 0 Å². The maximum absolute atomic E-state index is 2.58. The molecule has 1 saturated carbocycles. The van der Waals surface area contributed by atoms with Gasteiger partial charge in [-0.3, -0.25) is 0 Å². The smallest absolute Gasteiger partial charge is 0.00818 e. The summed E-state index contributed by atoms with van der Waals surface area (Å²) in [6.45, 7) is 12.6. The van der Waals surface area contributed by atoms with Crippen molar-refractivity contribution >= 4 is 0 Å². The van der Waals surface area contributed by atoms with Crippen molar-refractivity contribution in [3.63, 3.8) is 0 Å². The monoisotopic (exact) mass is 282 g/mol. The lowest BCUT2D eigenvalue weighted by Crippen LogP contribution is -2.35. The van der Waals surface area contributed by atoms with Gasteiger partial charge >= 0.3 is 0 Å². The van der Waals surface area contributed by atoms with E-state index in [9.17, 15) is 0 Å². The molecule has 0 radical (unpaired) electrons. The van der Waals surface area contributed by atoms with E-state index in [0.29, 0.717) is 10.8 Å². The molecule has 1 fully saturated rings. The van der Waals surface area contributed by atoms with Gasteiger partial charge in [-0.15, -0.1) is 0 Å². The molecule has 0 saturated heterocycles. The molecule has 4 rings (SSSR count). The zero-order chi connectivity index (χ0) is 15.0. The summed E-state index contributed by atoms with van der Waals surface area (Å²) in [5.41, 5.74) is 7.99. The van der Waals surface area contributed by atoms with E-state index >= 15 is 0 Å². The molecule has 0 aliphatic heterocycles. The predicted molar refractivity (Wildman–Crippen MR) is 90.0 cm³/mol. The Labute approximate surface area is 130 Å². The highest BCUT2D eigenvalue weighted by Gasteiger charge is 2.61. The maximum Gasteiger partial charge on any atom is 0.00818 e. The van der Waals surface area contributed by atoms with Crippen LogP contribution in [0.15, 0.2) is 34.4 Å². The first kappa shape index (κ1) is 13.9. The van der Waals surface area contributed by atoms with Crippen LogP contribution in [0.25, 0.3) is 0 Å². The highest BCUT2D eigenvalue weighted by atomic mass is 14.6. The Kier molecular flexibility index (Phi) is 2.74. The van der Waals surface area contributed by atoms with Crippen molar-refractivity contribution in [3.8, 4) is 0 Å². The van der Waals surface area contributed by atoms with Gasteiger partial charge in [0.15, 0.2) is 0 Å². The summed E-state index contributed by atoms with van der Waals surface area (Å²) in [4.78, 5) is 0. The molecule has 0 aromatic carbocycles. The van der Waals surface area contributed by atoms with E-state index in [2.05, 4.69) is 46.8 Å². The molecule has 0 N–H and O–H groups in total. The SMILES string of the molecule is CC1=C(C2C3=C(CC=C3)CCC2C)[C@]2(C)CC[C@H]1C2(C)C. The fourth-order valence-corrected chi connectivity index (χ4v) is 6.40. The molecule has 4 atom stereocenters. The topological polar surface area (TPSA) is 0 Å². The van der Waals surface area contributed by atoms with E-state index < -0.39 is 0 Å². The minimum Gasteiger partial charge on any atom is -0.0802 e. The summed E-state index contributed by atoms with van der Waals surface area (Å²) in [5, 5.41) is 0. The van der Waals surface area contributed by atoms with E-state index in [1.54, 1.807) is 16.7 Å². The van der Waals surface area contributed by atoms with Crippen molar-refractivity contribution < 1.29 is 0 Å². The molecule has 0 heteroatoms.